The Labute approximate surface area is 172 Å². The first kappa shape index (κ1) is 18.3. The van der Waals surface area contributed by atoms with Crippen LogP contribution < -0.4 is 5.84 Å². The van der Waals surface area contributed by atoms with E-state index in [0.29, 0.717) is 9.15 Å². The molecule has 0 fully saturated rings. The lowest BCUT2D eigenvalue weighted by Gasteiger charge is -2.15. The second-order valence-corrected chi connectivity index (χ2v) is 7.96. The van der Waals surface area contributed by atoms with E-state index < -0.39 is 0 Å². The van der Waals surface area contributed by atoms with E-state index in [1.165, 1.54) is 6.20 Å². The van der Waals surface area contributed by atoms with E-state index in [9.17, 15) is 9.59 Å². The number of carbonyl (C=O) groups excluding carboxylic acids is 2. The third-order valence-corrected chi connectivity index (χ3v) is 5.25. The summed E-state index contributed by atoms with van der Waals surface area (Å²) in [7, 11) is 0. The number of nitrogens with zero attached hydrogens (tertiary/aromatic N) is 1. The molecule has 0 spiro atoms. The van der Waals surface area contributed by atoms with Crippen molar-refractivity contribution in [1.82, 2.24) is 5.01 Å². The predicted molar refractivity (Wildman–Crippen MR) is 116 cm³/mol. The van der Waals surface area contributed by atoms with Crippen molar-refractivity contribution >= 4 is 67.6 Å². The van der Waals surface area contributed by atoms with Crippen molar-refractivity contribution in [3.8, 4) is 0 Å². The molecule has 126 valence electrons. The minimum atomic E-state index is -0.273. The number of hydrogen-bond acceptors (Lipinski definition) is 3. The Bertz CT molecular complexity index is 956. The maximum atomic E-state index is 12.5. The molecule has 0 aliphatic heterocycles. The maximum Gasteiger partial charge on any atom is 0.245 e. The van der Waals surface area contributed by atoms with Crippen molar-refractivity contribution < 1.29 is 9.59 Å². The van der Waals surface area contributed by atoms with Crippen molar-refractivity contribution in [1.29, 1.82) is 0 Å². The number of hydrazine groups is 1. The number of carbonyl (C=O) groups is 2. The Morgan fingerprint density at radius 2 is 1.80 bits per heavy atom. The van der Waals surface area contributed by atoms with Gasteiger partial charge in [-0.1, -0.05) is 42.5 Å². The molecule has 0 unspecified atom stereocenters. The molecule has 1 amide bonds. The molecule has 2 aromatic rings. The first-order valence-corrected chi connectivity index (χ1v) is 9.66. The second kappa shape index (κ2) is 7.79. The molecule has 0 radical (unpaired) electrons. The Balaban J connectivity index is 1.83. The van der Waals surface area contributed by atoms with Crippen LogP contribution in [-0.2, 0) is 16.0 Å². The van der Waals surface area contributed by atoms with E-state index in [4.69, 9.17) is 5.84 Å². The van der Waals surface area contributed by atoms with Gasteiger partial charge in [0, 0.05) is 15.4 Å². The molecule has 0 bridgehead atoms. The molecule has 1 aliphatic rings. The third-order valence-electron chi connectivity index (χ3n) is 3.82. The molecule has 0 saturated heterocycles. The van der Waals surface area contributed by atoms with Gasteiger partial charge in [0.2, 0.25) is 11.7 Å². The molecule has 2 aromatic carbocycles. The number of hydrogen-bond donors (Lipinski definition) is 1. The van der Waals surface area contributed by atoms with E-state index in [1.807, 2.05) is 65.1 Å². The Morgan fingerprint density at radius 1 is 1.08 bits per heavy atom. The van der Waals surface area contributed by atoms with Gasteiger partial charge in [0.1, 0.15) is 0 Å². The minimum Gasteiger partial charge on any atom is -0.288 e. The van der Waals surface area contributed by atoms with Crippen molar-refractivity contribution in [3.05, 3.63) is 79.1 Å². The smallest absolute Gasteiger partial charge is 0.245 e. The van der Waals surface area contributed by atoms with Gasteiger partial charge in [-0.25, -0.2) is 5.84 Å². The standard InChI is InChI=1S/C19H14I2N2O2/c20-15-8-14(19(25)17(21)10-15)11-23(22)18(24)9-13-6-3-5-12-4-1-2-7-16(12)13/h1-8,10-11H,9,22H2. The summed E-state index contributed by atoms with van der Waals surface area (Å²) in [5, 5.41) is 3.11. The topological polar surface area (TPSA) is 63.4 Å². The highest BCUT2D eigenvalue weighted by Crippen LogP contribution is 2.27. The van der Waals surface area contributed by atoms with E-state index in [-0.39, 0.29) is 18.1 Å². The first-order valence-electron chi connectivity index (χ1n) is 7.50. The molecule has 0 heterocycles. The van der Waals surface area contributed by atoms with E-state index in [0.717, 1.165) is 24.9 Å². The lowest BCUT2D eigenvalue weighted by Crippen LogP contribution is -2.34. The van der Waals surface area contributed by atoms with E-state index >= 15 is 0 Å². The molecule has 1 aliphatic carbocycles. The van der Waals surface area contributed by atoms with Gasteiger partial charge in [-0.15, -0.1) is 0 Å². The van der Waals surface area contributed by atoms with Crippen LogP contribution in [0.15, 0.2) is 73.5 Å². The molecule has 25 heavy (non-hydrogen) atoms. The molecule has 0 aromatic heterocycles. The van der Waals surface area contributed by atoms with Crippen LogP contribution in [0.25, 0.3) is 10.8 Å². The SMILES string of the molecule is NN(C=C1C=C(I)C=C(I)C1=O)C(=O)Cc1cccc2ccccc12. The number of halogens is 2. The number of Topliss-reactive ketones (excluding diaryl/α,β-unsaturated/α-hetero) is 1. The van der Waals surface area contributed by atoms with Crippen LogP contribution >= 0.6 is 45.2 Å². The zero-order valence-corrected chi connectivity index (χ0v) is 17.4. The maximum absolute atomic E-state index is 12.5. The normalized spacial score (nSPS) is 16.0. The van der Waals surface area contributed by atoms with Gasteiger partial charge >= 0.3 is 0 Å². The summed E-state index contributed by atoms with van der Waals surface area (Å²) < 4.78 is 1.52. The van der Waals surface area contributed by atoms with Crippen molar-refractivity contribution in [2.45, 2.75) is 6.42 Å². The van der Waals surface area contributed by atoms with Crippen LogP contribution in [0.3, 0.4) is 0 Å². The summed E-state index contributed by atoms with van der Waals surface area (Å²) >= 11 is 4.12. The minimum absolute atomic E-state index is 0.130. The highest BCUT2D eigenvalue weighted by molar-refractivity contribution is 14.1. The fraction of sp³-hybridized carbons (Fsp3) is 0.0526. The lowest BCUT2D eigenvalue weighted by atomic mass is 10.0. The molecule has 4 nitrogen and oxygen atoms in total. The van der Waals surface area contributed by atoms with Crippen LogP contribution in [0.2, 0.25) is 0 Å². The van der Waals surface area contributed by atoms with Gasteiger partial charge in [-0.2, -0.15) is 0 Å². The number of amides is 1. The van der Waals surface area contributed by atoms with E-state index in [1.54, 1.807) is 12.2 Å². The van der Waals surface area contributed by atoms with Gasteiger partial charge in [0.05, 0.1) is 10.0 Å². The zero-order valence-electron chi connectivity index (χ0n) is 13.1. The first-order chi connectivity index (χ1) is 12.0. The highest BCUT2D eigenvalue weighted by atomic mass is 127. The third kappa shape index (κ3) is 4.18. The number of nitrogens with two attached hydrogens (primary N) is 1. The molecular formula is C19H14I2N2O2. The summed E-state index contributed by atoms with van der Waals surface area (Å²) in [5.41, 5.74) is 1.32. The van der Waals surface area contributed by atoms with Crippen molar-refractivity contribution in [2.24, 2.45) is 5.84 Å². The number of benzene rings is 2. The monoisotopic (exact) mass is 556 g/mol. The summed E-state index contributed by atoms with van der Waals surface area (Å²) in [5.74, 6) is 5.49. The van der Waals surface area contributed by atoms with Crippen LogP contribution in [0.4, 0.5) is 0 Å². The average molecular weight is 556 g/mol. The molecular weight excluding hydrogens is 542 g/mol. The van der Waals surface area contributed by atoms with Gasteiger partial charge < -0.3 is 0 Å². The average Bonchev–Trinajstić information content (AvgIpc) is 2.59. The van der Waals surface area contributed by atoms with E-state index in [2.05, 4.69) is 22.6 Å². The van der Waals surface area contributed by atoms with Gasteiger partial charge in [0.25, 0.3) is 0 Å². The Morgan fingerprint density at radius 3 is 2.60 bits per heavy atom. The fourth-order valence-corrected chi connectivity index (χ4v) is 4.49. The summed E-state index contributed by atoms with van der Waals surface area (Å²) in [6.07, 6.45) is 5.08. The van der Waals surface area contributed by atoms with Crippen LogP contribution in [-0.4, -0.2) is 16.7 Å². The van der Waals surface area contributed by atoms with Gasteiger partial charge in [0.15, 0.2) is 0 Å². The summed E-state index contributed by atoms with van der Waals surface area (Å²) in [4.78, 5) is 24.7. The lowest BCUT2D eigenvalue weighted by molar-refractivity contribution is -0.128. The highest BCUT2D eigenvalue weighted by Gasteiger charge is 2.19. The fourth-order valence-electron chi connectivity index (χ4n) is 2.60. The Hall–Kier alpha value is -1.52. The molecule has 2 N–H and O–H groups in total. The van der Waals surface area contributed by atoms with Gasteiger partial charge in [-0.05, 0) is 73.7 Å². The molecule has 3 rings (SSSR count). The molecule has 6 heteroatoms. The second-order valence-electron chi connectivity index (χ2n) is 5.55. The molecule has 0 saturated carbocycles. The quantitative estimate of drug-likeness (QED) is 0.203. The predicted octanol–water partition coefficient (Wildman–Crippen LogP) is 4.19. The summed E-state index contributed by atoms with van der Waals surface area (Å²) in [6.45, 7) is 0. The number of rotatable bonds is 3. The van der Waals surface area contributed by atoms with Crippen molar-refractivity contribution in [2.75, 3.05) is 0 Å². The zero-order chi connectivity index (χ0) is 18.0. The van der Waals surface area contributed by atoms with Crippen LogP contribution in [0.1, 0.15) is 5.56 Å². The number of allylic oxidation sites excluding steroid dienone is 5. The molecule has 0 atom stereocenters. The van der Waals surface area contributed by atoms with Crippen LogP contribution in [0.5, 0.6) is 0 Å². The Kier molecular flexibility index (Phi) is 5.70. The van der Waals surface area contributed by atoms with Gasteiger partial charge in [-0.3, -0.25) is 14.6 Å². The number of fused-ring (bicyclic) bond motifs is 1. The largest absolute Gasteiger partial charge is 0.288 e. The van der Waals surface area contributed by atoms with Crippen molar-refractivity contribution in [3.63, 3.8) is 0 Å². The van der Waals surface area contributed by atoms with Crippen LogP contribution in [0, 0.1) is 0 Å². The number of ketones is 1. The summed E-state index contributed by atoms with van der Waals surface area (Å²) in [6, 6.07) is 13.8.